The van der Waals surface area contributed by atoms with Gasteiger partial charge in [-0.15, -0.1) is 11.3 Å². The van der Waals surface area contributed by atoms with Crippen molar-refractivity contribution in [3.8, 4) is 11.5 Å². The second-order valence-electron chi connectivity index (χ2n) is 3.73. The van der Waals surface area contributed by atoms with Gasteiger partial charge in [-0.05, 0) is 27.4 Å². The molecular formula is C13H13BrClNO2S. The lowest BCUT2D eigenvalue weighted by Crippen LogP contribution is -2.00. The molecule has 1 N–H and O–H groups in total. The number of benzene rings is 1. The quantitative estimate of drug-likeness (QED) is 0.829. The lowest BCUT2D eigenvalue weighted by molar-refractivity contribution is 0.355. The molecule has 0 saturated heterocycles. The monoisotopic (exact) mass is 361 g/mol. The summed E-state index contributed by atoms with van der Waals surface area (Å²) in [5.74, 6) is 1.27. The van der Waals surface area contributed by atoms with Crippen LogP contribution in [0.15, 0.2) is 28.1 Å². The molecule has 0 atom stereocenters. The van der Waals surface area contributed by atoms with Crippen molar-refractivity contribution in [1.29, 1.82) is 0 Å². The molecule has 2 aromatic rings. The standard InChI is InChI=1S/C13H13BrClNO2S/c1-17-11-5-9(15)10(6-12(11)18-2)16-7-13-8(14)3-4-19-13/h3-6,16H,7H2,1-2H3. The molecule has 0 radical (unpaired) electrons. The van der Waals surface area contributed by atoms with E-state index in [1.807, 2.05) is 17.5 Å². The van der Waals surface area contributed by atoms with Crippen LogP contribution in [0, 0.1) is 0 Å². The lowest BCUT2D eigenvalue weighted by Gasteiger charge is -2.13. The highest BCUT2D eigenvalue weighted by molar-refractivity contribution is 9.10. The second kappa shape index (κ2) is 6.50. The molecule has 1 aromatic carbocycles. The van der Waals surface area contributed by atoms with E-state index in [9.17, 15) is 0 Å². The van der Waals surface area contributed by atoms with E-state index in [2.05, 4.69) is 21.2 Å². The number of halogens is 2. The third-order valence-corrected chi connectivity index (χ3v) is 4.84. The number of anilines is 1. The van der Waals surface area contributed by atoms with Gasteiger partial charge < -0.3 is 14.8 Å². The number of methoxy groups -OCH3 is 2. The van der Waals surface area contributed by atoms with Crippen molar-refractivity contribution in [2.24, 2.45) is 0 Å². The first-order valence-electron chi connectivity index (χ1n) is 5.53. The number of hydrogen-bond acceptors (Lipinski definition) is 4. The van der Waals surface area contributed by atoms with Crippen molar-refractivity contribution in [3.63, 3.8) is 0 Å². The van der Waals surface area contributed by atoms with Crippen LogP contribution < -0.4 is 14.8 Å². The van der Waals surface area contributed by atoms with Crippen LogP contribution >= 0.6 is 38.9 Å². The second-order valence-corrected chi connectivity index (χ2v) is 5.99. The van der Waals surface area contributed by atoms with Crippen molar-refractivity contribution in [3.05, 3.63) is 38.0 Å². The maximum Gasteiger partial charge on any atom is 0.162 e. The fourth-order valence-corrected chi connectivity index (χ4v) is 3.27. The van der Waals surface area contributed by atoms with Gasteiger partial charge in [-0.3, -0.25) is 0 Å². The number of rotatable bonds is 5. The molecule has 0 unspecified atom stereocenters. The predicted molar refractivity (Wildman–Crippen MR) is 83.9 cm³/mol. The molecule has 1 heterocycles. The molecule has 102 valence electrons. The van der Waals surface area contributed by atoms with Gasteiger partial charge in [-0.2, -0.15) is 0 Å². The van der Waals surface area contributed by atoms with E-state index in [4.69, 9.17) is 21.1 Å². The zero-order chi connectivity index (χ0) is 13.8. The smallest absolute Gasteiger partial charge is 0.162 e. The van der Waals surface area contributed by atoms with E-state index in [0.717, 1.165) is 10.2 Å². The van der Waals surface area contributed by atoms with Crippen LogP contribution in [0.1, 0.15) is 4.88 Å². The maximum absolute atomic E-state index is 6.21. The molecule has 0 bridgehead atoms. The Morgan fingerprint density at radius 1 is 1.26 bits per heavy atom. The Kier molecular flexibility index (Phi) is 4.96. The average Bonchev–Trinajstić information content (AvgIpc) is 2.82. The Morgan fingerprint density at radius 3 is 2.53 bits per heavy atom. The van der Waals surface area contributed by atoms with E-state index >= 15 is 0 Å². The summed E-state index contributed by atoms with van der Waals surface area (Å²) in [7, 11) is 3.19. The van der Waals surface area contributed by atoms with Gasteiger partial charge in [-0.1, -0.05) is 11.6 Å². The van der Waals surface area contributed by atoms with Gasteiger partial charge in [0, 0.05) is 21.5 Å². The zero-order valence-electron chi connectivity index (χ0n) is 10.5. The topological polar surface area (TPSA) is 30.5 Å². The fourth-order valence-electron chi connectivity index (χ4n) is 1.62. The summed E-state index contributed by atoms with van der Waals surface area (Å²) in [5.41, 5.74) is 0.819. The summed E-state index contributed by atoms with van der Waals surface area (Å²) in [5, 5.41) is 5.94. The summed E-state index contributed by atoms with van der Waals surface area (Å²) in [4.78, 5) is 1.21. The fraction of sp³-hybridized carbons (Fsp3) is 0.231. The molecule has 1 aromatic heterocycles. The predicted octanol–water partition coefficient (Wildman–Crippen LogP) is 4.79. The van der Waals surface area contributed by atoms with Crippen molar-refractivity contribution in [2.45, 2.75) is 6.54 Å². The summed E-state index contributed by atoms with van der Waals surface area (Å²) in [6.45, 7) is 0.702. The van der Waals surface area contributed by atoms with E-state index in [-0.39, 0.29) is 0 Å². The van der Waals surface area contributed by atoms with Crippen LogP contribution in [-0.4, -0.2) is 14.2 Å². The Hall–Kier alpha value is -0.910. The minimum absolute atomic E-state index is 0.602. The average molecular weight is 363 g/mol. The highest BCUT2D eigenvalue weighted by Gasteiger charge is 2.10. The van der Waals surface area contributed by atoms with Crippen LogP contribution in [0.2, 0.25) is 5.02 Å². The van der Waals surface area contributed by atoms with Gasteiger partial charge in [0.25, 0.3) is 0 Å². The molecule has 6 heteroatoms. The largest absolute Gasteiger partial charge is 0.493 e. The molecule has 0 aliphatic carbocycles. The molecule has 0 amide bonds. The minimum atomic E-state index is 0.602. The molecule has 2 rings (SSSR count). The third-order valence-electron chi connectivity index (χ3n) is 2.60. The van der Waals surface area contributed by atoms with E-state index in [0.29, 0.717) is 23.1 Å². The summed E-state index contributed by atoms with van der Waals surface area (Å²) in [6, 6.07) is 5.60. The van der Waals surface area contributed by atoms with Crippen molar-refractivity contribution in [2.75, 3.05) is 19.5 Å². The molecule has 0 spiro atoms. The Balaban J connectivity index is 2.18. The van der Waals surface area contributed by atoms with E-state index < -0.39 is 0 Å². The van der Waals surface area contributed by atoms with Crippen LogP contribution in [-0.2, 0) is 6.54 Å². The summed E-state index contributed by atoms with van der Waals surface area (Å²) < 4.78 is 11.6. The zero-order valence-corrected chi connectivity index (χ0v) is 13.7. The first kappa shape index (κ1) is 14.5. The molecule has 0 aliphatic rings. The Bertz CT molecular complexity index is 574. The summed E-state index contributed by atoms with van der Waals surface area (Å²) >= 11 is 11.4. The number of nitrogens with one attached hydrogen (secondary N) is 1. The lowest BCUT2D eigenvalue weighted by atomic mass is 10.2. The van der Waals surface area contributed by atoms with Crippen molar-refractivity contribution in [1.82, 2.24) is 0 Å². The molecule has 19 heavy (non-hydrogen) atoms. The molecule has 0 aliphatic heterocycles. The van der Waals surface area contributed by atoms with Gasteiger partial charge >= 0.3 is 0 Å². The number of ether oxygens (including phenoxy) is 2. The highest BCUT2D eigenvalue weighted by Crippen LogP contribution is 2.36. The molecule has 0 fully saturated rings. The first-order chi connectivity index (χ1) is 9.15. The summed E-state index contributed by atoms with van der Waals surface area (Å²) in [6.07, 6.45) is 0. The maximum atomic E-state index is 6.21. The normalized spacial score (nSPS) is 10.3. The Labute approximate surface area is 129 Å². The van der Waals surface area contributed by atoms with Crippen LogP contribution in [0.4, 0.5) is 5.69 Å². The highest BCUT2D eigenvalue weighted by atomic mass is 79.9. The van der Waals surface area contributed by atoms with E-state index in [1.165, 1.54) is 4.88 Å². The van der Waals surface area contributed by atoms with Gasteiger partial charge in [0.15, 0.2) is 11.5 Å². The SMILES string of the molecule is COc1cc(Cl)c(NCc2sccc2Br)cc1OC. The van der Waals surface area contributed by atoms with Gasteiger partial charge in [0.2, 0.25) is 0 Å². The van der Waals surface area contributed by atoms with Crippen LogP contribution in [0.25, 0.3) is 0 Å². The van der Waals surface area contributed by atoms with Crippen molar-refractivity contribution < 1.29 is 9.47 Å². The number of thiophene rings is 1. The third kappa shape index (κ3) is 3.35. The van der Waals surface area contributed by atoms with Crippen molar-refractivity contribution >= 4 is 44.6 Å². The van der Waals surface area contributed by atoms with Crippen LogP contribution in [0.3, 0.4) is 0 Å². The molecule has 3 nitrogen and oxygen atoms in total. The van der Waals surface area contributed by atoms with Gasteiger partial charge in [0.05, 0.1) is 31.5 Å². The number of hydrogen-bond donors (Lipinski definition) is 1. The molecular weight excluding hydrogens is 350 g/mol. The van der Waals surface area contributed by atoms with E-state index in [1.54, 1.807) is 31.6 Å². The first-order valence-corrected chi connectivity index (χ1v) is 7.58. The Morgan fingerprint density at radius 2 is 1.95 bits per heavy atom. The molecule has 0 saturated carbocycles. The van der Waals surface area contributed by atoms with Crippen LogP contribution in [0.5, 0.6) is 11.5 Å². The van der Waals surface area contributed by atoms with Gasteiger partial charge in [0.1, 0.15) is 0 Å². The minimum Gasteiger partial charge on any atom is -0.493 e. The van der Waals surface area contributed by atoms with Gasteiger partial charge in [-0.25, -0.2) is 0 Å².